The first-order chi connectivity index (χ1) is 9.56. The Balaban J connectivity index is 2.34. The van der Waals surface area contributed by atoms with Gasteiger partial charge in [-0.15, -0.1) is 0 Å². The largest absolute Gasteiger partial charge is 0.457 e. The Morgan fingerprint density at radius 3 is 2.90 bits per heavy atom. The number of carbonyl (C=O) groups is 2. The van der Waals surface area contributed by atoms with Crippen LogP contribution in [0.15, 0.2) is 23.3 Å². The Labute approximate surface area is 117 Å². The first-order valence-corrected chi connectivity index (χ1v) is 6.90. The van der Waals surface area contributed by atoms with Crippen molar-refractivity contribution in [2.24, 2.45) is 11.8 Å². The van der Waals surface area contributed by atoms with E-state index in [1.54, 1.807) is 19.1 Å². The molecule has 1 saturated heterocycles. The number of aliphatic hydroxyl groups excluding tert-OH is 2. The predicted molar refractivity (Wildman–Crippen MR) is 71.7 cm³/mol. The first kappa shape index (κ1) is 14.9. The van der Waals surface area contributed by atoms with Gasteiger partial charge in [0.15, 0.2) is 0 Å². The van der Waals surface area contributed by atoms with Crippen LogP contribution >= 0.6 is 0 Å². The number of allylic oxidation sites excluding steroid dienone is 1. The van der Waals surface area contributed by atoms with Gasteiger partial charge in [-0.05, 0) is 30.1 Å². The summed E-state index contributed by atoms with van der Waals surface area (Å²) < 4.78 is 5.29. The molecule has 0 aromatic rings. The number of aldehydes is 1. The van der Waals surface area contributed by atoms with Gasteiger partial charge in [0.1, 0.15) is 12.4 Å². The topological polar surface area (TPSA) is 83.8 Å². The van der Waals surface area contributed by atoms with Gasteiger partial charge >= 0.3 is 5.97 Å². The molecule has 0 unspecified atom stereocenters. The smallest absolute Gasteiger partial charge is 0.309 e. The van der Waals surface area contributed by atoms with Crippen LogP contribution in [-0.2, 0) is 14.3 Å². The summed E-state index contributed by atoms with van der Waals surface area (Å²) in [4.78, 5) is 22.7. The van der Waals surface area contributed by atoms with E-state index in [4.69, 9.17) is 4.74 Å². The maximum atomic E-state index is 11.7. The molecule has 0 bridgehead atoms. The van der Waals surface area contributed by atoms with E-state index >= 15 is 0 Å². The summed E-state index contributed by atoms with van der Waals surface area (Å²) in [6, 6.07) is 0. The van der Waals surface area contributed by atoms with E-state index in [2.05, 4.69) is 0 Å². The summed E-state index contributed by atoms with van der Waals surface area (Å²) in [5.74, 6) is -1.15. The molecule has 0 spiro atoms. The highest BCUT2D eigenvalue weighted by Crippen LogP contribution is 2.35. The van der Waals surface area contributed by atoms with Crippen molar-refractivity contribution in [1.82, 2.24) is 0 Å². The molecule has 1 fully saturated rings. The third-order valence-corrected chi connectivity index (χ3v) is 4.10. The minimum Gasteiger partial charge on any atom is -0.457 e. The second-order valence-corrected chi connectivity index (χ2v) is 5.46. The quantitative estimate of drug-likeness (QED) is 0.443. The van der Waals surface area contributed by atoms with Crippen molar-refractivity contribution >= 4 is 12.3 Å². The third-order valence-electron chi connectivity index (χ3n) is 4.10. The summed E-state index contributed by atoms with van der Waals surface area (Å²) in [7, 11) is 0. The van der Waals surface area contributed by atoms with Crippen molar-refractivity contribution in [2.45, 2.75) is 38.4 Å². The third kappa shape index (κ3) is 2.99. The van der Waals surface area contributed by atoms with E-state index in [0.717, 1.165) is 11.9 Å². The Hall–Kier alpha value is -1.46. The number of esters is 1. The molecule has 2 rings (SSSR count). The molecule has 5 nitrogen and oxygen atoms in total. The van der Waals surface area contributed by atoms with Crippen LogP contribution < -0.4 is 0 Å². The van der Waals surface area contributed by atoms with Gasteiger partial charge in [-0.25, -0.2) is 0 Å². The Bertz CT molecular complexity index is 451. The molecule has 1 aliphatic heterocycles. The van der Waals surface area contributed by atoms with Gasteiger partial charge in [0.05, 0.1) is 18.6 Å². The summed E-state index contributed by atoms with van der Waals surface area (Å²) in [5.41, 5.74) is 1.29. The van der Waals surface area contributed by atoms with E-state index in [1.807, 2.05) is 0 Å². The van der Waals surface area contributed by atoms with E-state index in [9.17, 15) is 19.8 Å². The normalized spacial score (nSPS) is 39.9. The fourth-order valence-electron chi connectivity index (χ4n) is 2.91. The van der Waals surface area contributed by atoms with Crippen LogP contribution in [0.3, 0.4) is 0 Å². The SMILES string of the molecule is C[C@@H]1C(=O)O[C@@H]2/C=C(\CO)CC/C=C(/C=O)C[C@H](O)[C@@H]12. The molecule has 0 saturated carbocycles. The minimum absolute atomic E-state index is 0.116. The molecule has 2 N–H and O–H groups in total. The zero-order valence-corrected chi connectivity index (χ0v) is 11.5. The number of ether oxygens (including phenoxy) is 1. The molecule has 1 heterocycles. The maximum Gasteiger partial charge on any atom is 0.309 e. The van der Waals surface area contributed by atoms with Crippen molar-refractivity contribution in [3.05, 3.63) is 23.3 Å². The van der Waals surface area contributed by atoms with E-state index < -0.39 is 18.1 Å². The molecule has 0 aromatic heterocycles. The zero-order chi connectivity index (χ0) is 14.7. The second kappa shape index (κ2) is 6.33. The Morgan fingerprint density at radius 2 is 2.25 bits per heavy atom. The monoisotopic (exact) mass is 280 g/mol. The maximum absolute atomic E-state index is 11.7. The van der Waals surface area contributed by atoms with Crippen LogP contribution in [-0.4, -0.2) is 41.3 Å². The van der Waals surface area contributed by atoms with Crippen molar-refractivity contribution < 1.29 is 24.5 Å². The molecule has 1 aliphatic carbocycles. The fourth-order valence-corrected chi connectivity index (χ4v) is 2.91. The number of carbonyl (C=O) groups excluding carboxylic acids is 2. The van der Waals surface area contributed by atoms with Gasteiger partial charge in [0.2, 0.25) is 0 Å². The van der Waals surface area contributed by atoms with Crippen molar-refractivity contribution in [3.63, 3.8) is 0 Å². The van der Waals surface area contributed by atoms with Crippen molar-refractivity contribution in [2.75, 3.05) is 6.61 Å². The Morgan fingerprint density at radius 1 is 1.50 bits per heavy atom. The lowest BCUT2D eigenvalue weighted by Crippen LogP contribution is -2.32. The molecular formula is C15H20O5. The molecule has 0 radical (unpaired) electrons. The number of hydrogen-bond donors (Lipinski definition) is 2. The van der Waals surface area contributed by atoms with Crippen LogP contribution in [0.2, 0.25) is 0 Å². The average molecular weight is 280 g/mol. The standard InChI is InChI=1S/C15H20O5/c1-9-14-12(18)5-10(7-16)3-2-4-11(8-17)6-13(14)20-15(9)19/h3,6-7,9,12-14,17-18H,2,4-5,8H2,1H3/b10-3+,11-6-/t9-,12-,13+,14+/m0/s1. The van der Waals surface area contributed by atoms with Gasteiger partial charge in [0, 0.05) is 12.3 Å². The molecular weight excluding hydrogens is 260 g/mol. The predicted octanol–water partition coefficient (Wildman–Crippen LogP) is 0.753. The molecule has 110 valence electrons. The van der Waals surface area contributed by atoms with Crippen LogP contribution in [0.1, 0.15) is 26.2 Å². The Kier molecular flexibility index (Phi) is 4.73. The second-order valence-electron chi connectivity index (χ2n) is 5.46. The lowest BCUT2D eigenvalue weighted by atomic mass is 9.82. The summed E-state index contributed by atoms with van der Waals surface area (Å²) >= 11 is 0. The molecule has 4 atom stereocenters. The van der Waals surface area contributed by atoms with Gasteiger partial charge in [-0.2, -0.15) is 0 Å². The molecule has 0 aromatic carbocycles. The van der Waals surface area contributed by atoms with E-state index in [-0.39, 0.29) is 24.9 Å². The van der Waals surface area contributed by atoms with Crippen molar-refractivity contribution in [3.8, 4) is 0 Å². The minimum atomic E-state index is -0.813. The van der Waals surface area contributed by atoms with Crippen LogP contribution in [0, 0.1) is 11.8 Å². The number of rotatable bonds is 2. The van der Waals surface area contributed by atoms with Crippen LogP contribution in [0.5, 0.6) is 0 Å². The number of fused-ring (bicyclic) bond motifs is 1. The molecule has 2 aliphatic rings. The average Bonchev–Trinajstić information content (AvgIpc) is 2.71. The summed E-state index contributed by atoms with van der Waals surface area (Å²) in [5, 5.41) is 19.7. The molecule has 5 heteroatoms. The first-order valence-electron chi connectivity index (χ1n) is 6.90. The van der Waals surface area contributed by atoms with E-state index in [1.165, 1.54) is 0 Å². The highest BCUT2D eigenvalue weighted by molar-refractivity contribution is 5.76. The van der Waals surface area contributed by atoms with Crippen LogP contribution in [0.4, 0.5) is 0 Å². The zero-order valence-electron chi connectivity index (χ0n) is 11.5. The lowest BCUT2D eigenvalue weighted by Gasteiger charge is -2.24. The van der Waals surface area contributed by atoms with Gasteiger partial charge in [-0.3, -0.25) is 9.59 Å². The van der Waals surface area contributed by atoms with Gasteiger partial charge < -0.3 is 14.9 Å². The summed E-state index contributed by atoms with van der Waals surface area (Å²) in [6.07, 6.45) is 4.39. The highest BCUT2D eigenvalue weighted by Gasteiger charge is 2.44. The lowest BCUT2D eigenvalue weighted by molar-refractivity contribution is -0.142. The highest BCUT2D eigenvalue weighted by atomic mass is 16.6. The summed E-state index contributed by atoms with van der Waals surface area (Å²) in [6.45, 7) is 1.61. The van der Waals surface area contributed by atoms with Gasteiger partial charge in [-0.1, -0.05) is 13.0 Å². The van der Waals surface area contributed by atoms with Crippen molar-refractivity contribution in [1.29, 1.82) is 0 Å². The van der Waals surface area contributed by atoms with Crippen LogP contribution in [0.25, 0.3) is 0 Å². The molecule has 0 amide bonds. The fraction of sp³-hybridized carbons (Fsp3) is 0.600. The molecule has 20 heavy (non-hydrogen) atoms. The number of hydrogen-bond acceptors (Lipinski definition) is 5. The van der Waals surface area contributed by atoms with Gasteiger partial charge in [0.25, 0.3) is 0 Å². The number of aliphatic hydroxyl groups is 2. The van der Waals surface area contributed by atoms with E-state index in [0.29, 0.717) is 18.4 Å².